The first-order chi connectivity index (χ1) is 12.2. The molecular weight excluding hydrogens is 322 g/mol. The number of carbonyl (C=O) groups excluding carboxylic acids is 1. The average Bonchev–Trinajstić information content (AvgIpc) is 3.33. The molecule has 25 heavy (non-hydrogen) atoms. The van der Waals surface area contributed by atoms with Gasteiger partial charge in [0.15, 0.2) is 5.82 Å². The minimum Gasteiger partial charge on any atom is -0.366 e. The first kappa shape index (κ1) is 15.9. The first-order valence-corrected chi connectivity index (χ1v) is 8.58. The summed E-state index contributed by atoms with van der Waals surface area (Å²) in [5, 5.41) is 6.95. The number of hydrogen-bond donors (Lipinski definition) is 1. The van der Waals surface area contributed by atoms with E-state index in [-0.39, 0.29) is 12.0 Å². The highest BCUT2D eigenvalue weighted by Gasteiger charge is 2.29. The highest BCUT2D eigenvalue weighted by atomic mass is 16.5. The molecule has 1 atom stereocenters. The number of hydrogen-bond acceptors (Lipinski definition) is 7. The Bertz CT molecular complexity index is 756. The van der Waals surface area contributed by atoms with Gasteiger partial charge in [0.25, 0.3) is 5.91 Å². The maximum Gasteiger partial charge on any atom is 0.272 e. The predicted octanol–water partition coefficient (Wildman–Crippen LogP) is 0.717. The van der Waals surface area contributed by atoms with Crippen LogP contribution in [0, 0.1) is 6.92 Å². The number of aryl methyl sites for hydroxylation is 1. The zero-order valence-corrected chi connectivity index (χ0v) is 14.2. The van der Waals surface area contributed by atoms with Gasteiger partial charge in [-0.2, -0.15) is 5.10 Å². The highest BCUT2D eigenvalue weighted by Crippen LogP contribution is 2.21. The number of morpholine rings is 1. The number of amides is 1. The van der Waals surface area contributed by atoms with E-state index in [0.717, 1.165) is 31.8 Å². The van der Waals surface area contributed by atoms with Gasteiger partial charge in [-0.1, -0.05) is 0 Å². The fraction of sp³-hybridized carbons (Fsp3) is 0.562. The summed E-state index contributed by atoms with van der Waals surface area (Å²) in [4.78, 5) is 29.8. The molecule has 0 unspecified atom stereocenters. The lowest BCUT2D eigenvalue weighted by atomic mass is 10.2. The van der Waals surface area contributed by atoms with Crippen molar-refractivity contribution in [1.82, 2.24) is 30.0 Å². The Balaban J connectivity index is 1.49. The third-order valence-electron chi connectivity index (χ3n) is 4.51. The van der Waals surface area contributed by atoms with Gasteiger partial charge in [0, 0.05) is 25.8 Å². The quantitative estimate of drug-likeness (QED) is 0.876. The fourth-order valence-electron chi connectivity index (χ4n) is 3.19. The van der Waals surface area contributed by atoms with Gasteiger partial charge in [0.1, 0.15) is 17.6 Å². The van der Waals surface area contributed by atoms with Crippen LogP contribution in [0.4, 0.5) is 5.95 Å². The zero-order valence-electron chi connectivity index (χ0n) is 14.2. The molecule has 0 bridgehead atoms. The highest BCUT2D eigenvalue weighted by molar-refractivity contribution is 5.92. The van der Waals surface area contributed by atoms with Gasteiger partial charge in [-0.3, -0.25) is 9.89 Å². The number of nitrogens with zero attached hydrogens (tertiary/aromatic N) is 6. The molecule has 4 rings (SSSR count). The monoisotopic (exact) mass is 343 g/mol. The summed E-state index contributed by atoms with van der Waals surface area (Å²) in [6.45, 7) is 5.13. The predicted molar refractivity (Wildman–Crippen MR) is 89.2 cm³/mol. The summed E-state index contributed by atoms with van der Waals surface area (Å²) >= 11 is 0. The van der Waals surface area contributed by atoms with Gasteiger partial charge in [0.05, 0.1) is 13.2 Å². The van der Waals surface area contributed by atoms with Gasteiger partial charge in [0.2, 0.25) is 5.95 Å². The second kappa shape index (κ2) is 6.75. The van der Waals surface area contributed by atoms with E-state index < -0.39 is 0 Å². The Morgan fingerprint density at radius 3 is 2.88 bits per heavy atom. The molecule has 9 heteroatoms. The largest absolute Gasteiger partial charge is 0.366 e. The number of rotatable bonds is 3. The molecule has 2 fully saturated rings. The minimum atomic E-state index is -0.317. The Labute approximate surface area is 145 Å². The summed E-state index contributed by atoms with van der Waals surface area (Å²) in [5.41, 5.74) is 0.420. The van der Waals surface area contributed by atoms with E-state index in [9.17, 15) is 4.79 Å². The molecule has 1 amide bonds. The lowest BCUT2D eigenvalue weighted by Gasteiger charge is -2.31. The Morgan fingerprint density at radius 1 is 1.28 bits per heavy atom. The molecule has 0 radical (unpaired) electrons. The van der Waals surface area contributed by atoms with E-state index >= 15 is 0 Å². The van der Waals surface area contributed by atoms with Crippen LogP contribution in [0.2, 0.25) is 0 Å². The molecule has 0 saturated carbocycles. The lowest BCUT2D eigenvalue weighted by molar-refractivity contribution is -0.0268. The van der Waals surface area contributed by atoms with Crippen molar-refractivity contribution in [2.24, 2.45) is 0 Å². The summed E-state index contributed by atoms with van der Waals surface area (Å²) in [5.74, 6) is 1.84. The molecule has 2 aliphatic heterocycles. The van der Waals surface area contributed by atoms with E-state index in [1.807, 2.05) is 6.92 Å². The molecule has 0 spiro atoms. The van der Waals surface area contributed by atoms with E-state index in [0.29, 0.717) is 37.2 Å². The summed E-state index contributed by atoms with van der Waals surface area (Å²) in [7, 11) is 0. The van der Waals surface area contributed by atoms with Crippen molar-refractivity contribution < 1.29 is 9.53 Å². The van der Waals surface area contributed by atoms with Crippen LogP contribution < -0.4 is 4.90 Å². The van der Waals surface area contributed by atoms with Crippen molar-refractivity contribution in [3.63, 3.8) is 0 Å². The number of ether oxygens (including phenoxy) is 1. The van der Waals surface area contributed by atoms with E-state index in [4.69, 9.17) is 4.74 Å². The standard InChI is InChI=1S/C16H21N7O2/c1-11-18-14(21-20-11)13-10-23(8-9-25-13)15(24)12-4-5-17-16(19-12)22-6-2-3-7-22/h4-5,13H,2-3,6-10H2,1H3,(H,18,20,21)/t13-/m0/s1. The minimum absolute atomic E-state index is 0.108. The molecule has 1 N–H and O–H groups in total. The van der Waals surface area contributed by atoms with Crippen LogP contribution in [-0.4, -0.2) is 68.7 Å². The smallest absolute Gasteiger partial charge is 0.272 e. The van der Waals surface area contributed by atoms with Crippen LogP contribution in [0.5, 0.6) is 0 Å². The molecule has 0 aromatic carbocycles. The number of anilines is 1. The maximum absolute atomic E-state index is 12.9. The number of aromatic nitrogens is 5. The van der Waals surface area contributed by atoms with Gasteiger partial charge in [-0.15, -0.1) is 0 Å². The van der Waals surface area contributed by atoms with Crippen LogP contribution in [0.3, 0.4) is 0 Å². The summed E-state index contributed by atoms with van der Waals surface area (Å²) in [6.07, 6.45) is 3.62. The van der Waals surface area contributed by atoms with E-state index in [2.05, 4.69) is 30.0 Å². The third kappa shape index (κ3) is 3.32. The van der Waals surface area contributed by atoms with Gasteiger partial charge >= 0.3 is 0 Å². The number of carbonyl (C=O) groups is 1. The molecule has 9 nitrogen and oxygen atoms in total. The Kier molecular flexibility index (Phi) is 4.31. The average molecular weight is 343 g/mol. The second-order valence-corrected chi connectivity index (χ2v) is 6.33. The Hall–Kier alpha value is -2.55. The summed E-state index contributed by atoms with van der Waals surface area (Å²) in [6, 6.07) is 1.67. The first-order valence-electron chi connectivity index (χ1n) is 8.58. The van der Waals surface area contributed by atoms with Crippen molar-refractivity contribution >= 4 is 11.9 Å². The molecule has 2 aromatic heterocycles. The second-order valence-electron chi connectivity index (χ2n) is 6.33. The van der Waals surface area contributed by atoms with Crippen molar-refractivity contribution in [2.75, 3.05) is 37.7 Å². The number of H-pyrrole nitrogens is 1. The number of aromatic amines is 1. The van der Waals surface area contributed by atoms with Crippen molar-refractivity contribution in [3.05, 3.63) is 29.6 Å². The van der Waals surface area contributed by atoms with Crippen LogP contribution in [0.15, 0.2) is 12.3 Å². The van der Waals surface area contributed by atoms with Crippen LogP contribution in [0.25, 0.3) is 0 Å². The lowest BCUT2D eigenvalue weighted by Crippen LogP contribution is -2.43. The van der Waals surface area contributed by atoms with E-state index in [1.54, 1.807) is 17.2 Å². The van der Waals surface area contributed by atoms with Crippen molar-refractivity contribution in [1.29, 1.82) is 0 Å². The summed E-state index contributed by atoms with van der Waals surface area (Å²) < 4.78 is 5.72. The molecule has 2 saturated heterocycles. The van der Waals surface area contributed by atoms with E-state index in [1.165, 1.54) is 0 Å². The van der Waals surface area contributed by atoms with Crippen molar-refractivity contribution in [3.8, 4) is 0 Å². The topological polar surface area (TPSA) is 100 Å². The van der Waals surface area contributed by atoms with Gasteiger partial charge < -0.3 is 14.5 Å². The molecule has 2 aliphatic rings. The molecule has 132 valence electrons. The SMILES string of the molecule is Cc1nc([C@@H]2CN(C(=O)c3ccnc(N4CCCC4)n3)CCO2)n[nH]1. The van der Waals surface area contributed by atoms with Crippen LogP contribution in [0.1, 0.15) is 41.1 Å². The normalized spacial score (nSPS) is 20.9. The van der Waals surface area contributed by atoms with Crippen LogP contribution >= 0.6 is 0 Å². The van der Waals surface area contributed by atoms with Crippen LogP contribution in [-0.2, 0) is 4.74 Å². The Morgan fingerprint density at radius 2 is 2.12 bits per heavy atom. The van der Waals surface area contributed by atoms with Gasteiger partial charge in [-0.25, -0.2) is 15.0 Å². The molecule has 0 aliphatic carbocycles. The van der Waals surface area contributed by atoms with Crippen molar-refractivity contribution in [2.45, 2.75) is 25.9 Å². The number of nitrogens with one attached hydrogen (secondary N) is 1. The zero-order chi connectivity index (χ0) is 17.2. The molecule has 4 heterocycles. The third-order valence-corrected chi connectivity index (χ3v) is 4.51. The van der Waals surface area contributed by atoms with Gasteiger partial charge in [-0.05, 0) is 25.8 Å². The fourth-order valence-corrected chi connectivity index (χ4v) is 3.19. The maximum atomic E-state index is 12.9. The molecular formula is C16H21N7O2. The molecule has 2 aromatic rings.